The van der Waals surface area contributed by atoms with E-state index < -0.39 is 16.6 Å². The van der Waals surface area contributed by atoms with Gasteiger partial charge >= 0.3 is 5.97 Å². The van der Waals surface area contributed by atoms with Crippen LogP contribution in [0.25, 0.3) is 0 Å². The minimum Gasteiger partial charge on any atom is -0.547 e. The zero-order chi connectivity index (χ0) is 31.2. The van der Waals surface area contributed by atoms with Gasteiger partial charge in [-0.2, -0.15) is 0 Å². The van der Waals surface area contributed by atoms with Crippen molar-refractivity contribution in [1.82, 2.24) is 0 Å². The summed E-state index contributed by atoms with van der Waals surface area (Å²) >= 11 is 0. The van der Waals surface area contributed by atoms with Crippen LogP contribution in [0.1, 0.15) is 84.1 Å². The number of benzene rings is 1. The molecular weight excluding hydrogens is 565 g/mol. The fraction of sp³-hybridized carbons (Fsp3) is 0.757. The highest BCUT2D eigenvalue weighted by atomic mass is 28.4. The molecule has 0 amide bonds. The Kier molecular flexibility index (Phi) is 9.54. The van der Waals surface area contributed by atoms with Gasteiger partial charge in [-0.3, -0.25) is 4.79 Å². The molecule has 0 aliphatic heterocycles. The topological polar surface area (TPSA) is 44.8 Å². The third-order valence-electron chi connectivity index (χ3n) is 11.9. The summed E-state index contributed by atoms with van der Waals surface area (Å²) in [4.78, 5) is 12.7. The van der Waals surface area contributed by atoms with Crippen molar-refractivity contribution >= 4 is 22.6 Å². The quantitative estimate of drug-likeness (QED) is 0.192. The Balaban J connectivity index is 1.31. The zero-order valence-electron chi connectivity index (χ0n) is 28.7. The van der Waals surface area contributed by atoms with Crippen LogP contribution in [-0.2, 0) is 25.0 Å². The second-order valence-electron chi connectivity index (χ2n) is 17.2. The van der Waals surface area contributed by atoms with Gasteiger partial charge in [-0.05, 0) is 143 Å². The lowest BCUT2D eigenvalue weighted by atomic mass is 9.46. The molecule has 4 aliphatic rings. The molecule has 1 aromatic rings. The monoisotopic (exact) mass is 624 g/mol. The standard InChI is InChI=1S/C37H60O4Si2/c1-26(15-18-34(38)39-25-27-13-11-10-12-14-27)30-16-17-31-35-32(20-22-37(30,31)3)36(2)21-19-29(40-42(4,5)6)23-28(36)24-33(35)41-43(7,8)9/h10-14,24,26,28-32,35H,15-23,25H2,1-9H3/t26-,28+,29-,30-,31+,32+,35+,36+,37-/m1/s1. The number of hydrogen-bond donors (Lipinski definition) is 0. The molecule has 0 heterocycles. The Morgan fingerprint density at radius 2 is 1.58 bits per heavy atom. The first-order valence-electron chi connectivity index (χ1n) is 17.4. The molecule has 43 heavy (non-hydrogen) atoms. The molecule has 0 bridgehead atoms. The van der Waals surface area contributed by atoms with Crippen molar-refractivity contribution in [1.29, 1.82) is 0 Å². The molecule has 4 aliphatic carbocycles. The normalized spacial score (nSPS) is 36.5. The summed E-state index contributed by atoms with van der Waals surface area (Å²) in [6.45, 7) is 22.1. The molecule has 240 valence electrons. The predicted molar refractivity (Wildman–Crippen MR) is 181 cm³/mol. The highest BCUT2D eigenvalue weighted by Gasteiger charge is 2.62. The van der Waals surface area contributed by atoms with Crippen molar-refractivity contribution in [2.45, 2.75) is 131 Å². The summed E-state index contributed by atoms with van der Waals surface area (Å²) in [5.74, 6) is 4.91. The molecule has 0 saturated heterocycles. The number of rotatable bonds is 10. The number of allylic oxidation sites excluding steroid dienone is 2. The Labute approximate surface area is 265 Å². The average molecular weight is 625 g/mol. The Hall–Kier alpha value is -1.38. The molecule has 0 aromatic heterocycles. The molecule has 0 N–H and O–H groups in total. The van der Waals surface area contributed by atoms with E-state index in [1.54, 1.807) is 0 Å². The van der Waals surface area contributed by atoms with Gasteiger partial charge < -0.3 is 13.6 Å². The summed E-state index contributed by atoms with van der Waals surface area (Å²) in [5, 5.41) is 0. The second-order valence-corrected chi connectivity index (χ2v) is 26.0. The maximum Gasteiger partial charge on any atom is 0.306 e. The lowest BCUT2D eigenvalue weighted by molar-refractivity contribution is -0.145. The van der Waals surface area contributed by atoms with Crippen molar-refractivity contribution in [2.75, 3.05) is 0 Å². The zero-order valence-corrected chi connectivity index (χ0v) is 30.7. The summed E-state index contributed by atoms with van der Waals surface area (Å²) in [6.07, 6.45) is 13.3. The van der Waals surface area contributed by atoms with Gasteiger partial charge in [0.2, 0.25) is 8.32 Å². The summed E-state index contributed by atoms with van der Waals surface area (Å²) in [7, 11) is -3.34. The smallest absolute Gasteiger partial charge is 0.306 e. The van der Waals surface area contributed by atoms with Crippen molar-refractivity contribution in [2.24, 2.45) is 46.3 Å². The minimum absolute atomic E-state index is 0.0622. The highest BCUT2D eigenvalue weighted by molar-refractivity contribution is 6.70. The molecule has 0 radical (unpaired) electrons. The first-order valence-corrected chi connectivity index (χ1v) is 24.2. The first-order chi connectivity index (χ1) is 20.1. The van der Waals surface area contributed by atoms with Gasteiger partial charge in [0.15, 0.2) is 8.32 Å². The molecule has 0 spiro atoms. The Morgan fingerprint density at radius 3 is 2.26 bits per heavy atom. The van der Waals surface area contributed by atoms with E-state index in [4.69, 9.17) is 13.6 Å². The number of carbonyl (C=O) groups excluding carboxylic acids is 1. The maximum atomic E-state index is 12.7. The highest BCUT2D eigenvalue weighted by Crippen LogP contribution is 2.68. The molecule has 1 aromatic carbocycles. The predicted octanol–water partition coefficient (Wildman–Crippen LogP) is 9.98. The lowest BCUT2D eigenvalue weighted by Crippen LogP contribution is -2.55. The van der Waals surface area contributed by atoms with Crippen LogP contribution >= 0.6 is 0 Å². The fourth-order valence-electron chi connectivity index (χ4n) is 10.0. The van der Waals surface area contributed by atoms with E-state index in [1.165, 1.54) is 44.3 Å². The Morgan fingerprint density at radius 1 is 0.907 bits per heavy atom. The van der Waals surface area contributed by atoms with E-state index in [0.29, 0.717) is 65.5 Å². The van der Waals surface area contributed by atoms with Crippen LogP contribution in [0.3, 0.4) is 0 Å². The number of esters is 1. The summed E-state index contributed by atoms with van der Waals surface area (Å²) in [5.41, 5.74) is 1.69. The van der Waals surface area contributed by atoms with Gasteiger partial charge in [0.25, 0.3) is 0 Å². The largest absolute Gasteiger partial charge is 0.547 e. The van der Waals surface area contributed by atoms with Crippen molar-refractivity contribution in [3.8, 4) is 0 Å². The van der Waals surface area contributed by atoms with E-state index in [1.807, 2.05) is 30.3 Å². The second kappa shape index (κ2) is 12.4. The van der Waals surface area contributed by atoms with Gasteiger partial charge in [-0.1, -0.05) is 51.1 Å². The number of ether oxygens (including phenoxy) is 1. The summed E-state index contributed by atoms with van der Waals surface area (Å²) < 4.78 is 19.4. The number of fused-ring (bicyclic) bond motifs is 5. The van der Waals surface area contributed by atoms with E-state index >= 15 is 0 Å². The average Bonchev–Trinajstić information content (AvgIpc) is 3.27. The van der Waals surface area contributed by atoms with Crippen LogP contribution < -0.4 is 0 Å². The van der Waals surface area contributed by atoms with Gasteiger partial charge in [0.1, 0.15) is 6.61 Å². The van der Waals surface area contributed by atoms with E-state index in [-0.39, 0.29) is 5.97 Å². The SMILES string of the molecule is C[C@H](CCC(=O)OCc1ccccc1)[C@H]1CC[C@H]2[C@@H]3C(O[Si](C)(C)C)=C[C@@H]4C[C@H](O[Si](C)(C)C)CC[C@]4(C)[C@H]3CC[C@]12C. The number of hydrogen-bond acceptors (Lipinski definition) is 4. The van der Waals surface area contributed by atoms with Crippen LogP contribution in [0.2, 0.25) is 39.3 Å². The van der Waals surface area contributed by atoms with Crippen molar-refractivity contribution in [3.63, 3.8) is 0 Å². The van der Waals surface area contributed by atoms with Gasteiger partial charge in [0, 0.05) is 18.4 Å². The van der Waals surface area contributed by atoms with Crippen LogP contribution in [0.4, 0.5) is 0 Å². The molecule has 4 nitrogen and oxygen atoms in total. The van der Waals surface area contributed by atoms with Crippen LogP contribution in [0.15, 0.2) is 42.2 Å². The lowest BCUT2D eigenvalue weighted by Gasteiger charge is -2.60. The molecule has 5 rings (SSSR count). The van der Waals surface area contributed by atoms with E-state index in [2.05, 4.69) is 66.1 Å². The molecule has 3 saturated carbocycles. The third kappa shape index (κ3) is 7.22. The fourth-order valence-corrected chi connectivity index (χ4v) is 12.2. The molecule has 0 unspecified atom stereocenters. The van der Waals surface area contributed by atoms with Crippen LogP contribution in [0, 0.1) is 46.3 Å². The van der Waals surface area contributed by atoms with E-state index in [0.717, 1.165) is 18.4 Å². The number of carbonyl (C=O) groups is 1. The van der Waals surface area contributed by atoms with Gasteiger partial charge in [-0.15, -0.1) is 0 Å². The van der Waals surface area contributed by atoms with Gasteiger partial charge in [0.05, 0.1) is 5.76 Å². The van der Waals surface area contributed by atoms with Crippen LogP contribution in [0.5, 0.6) is 0 Å². The first kappa shape index (κ1) is 33.0. The van der Waals surface area contributed by atoms with E-state index in [9.17, 15) is 4.79 Å². The molecular formula is C37H60O4Si2. The van der Waals surface area contributed by atoms with Crippen molar-refractivity contribution in [3.05, 3.63) is 47.7 Å². The minimum atomic E-state index is -1.77. The van der Waals surface area contributed by atoms with Crippen molar-refractivity contribution < 1.29 is 18.4 Å². The molecule has 9 atom stereocenters. The van der Waals surface area contributed by atoms with Crippen LogP contribution in [-0.4, -0.2) is 28.7 Å². The Bertz CT molecular complexity index is 1150. The molecule has 3 fully saturated rings. The molecule has 6 heteroatoms. The summed E-state index contributed by atoms with van der Waals surface area (Å²) in [6, 6.07) is 10.0. The van der Waals surface area contributed by atoms with Gasteiger partial charge in [-0.25, -0.2) is 0 Å². The maximum absolute atomic E-state index is 12.7. The third-order valence-corrected chi connectivity index (χ3v) is 13.8.